The molecule has 0 aliphatic rings. The smallest absolute Gasteiger partial charge is 0.336 e. The van der Waals surface area contributed by atoms with Gasteiger partial charge in [-0.25, -0.2) is 4.79 Å². The summed E-state index contributed by atoms with van der Waals surface area (Å²) in [7, 11) is 1.45. The molecule has 4 heteroatoms. The van der Waals surface area contributed by atoms with Crippen molar-refractivity contribution in [1.82, 2.24) is 0 Å². The molecule has 0 aliphatic heterocycles. The van der Waals surface area contributed by atoms with Crippen LogP contribution in [0, 0.1) is 13.8 Å². The molecule has 2 N–H and O–H groups in total. The van der Waals surface area contributed by atoms with Crippen molar-refractivity contribution in [2.75, 3.05) is 7.11 Å². The highest BCUT2D eigenvalue weighted by Gasteiger charge is 2.14. The van der Waals surface area contributed by atoms with Crippen LogP contribution in [0.25, 0.3) is 11.6 Å². The van der Waals surface area contributed by atoms with Gasteiger partial charge in [-0.05, 0) is 42.7 Å². The number of methoxy groups -OCH3 is 1. The van der Waals surface area contributed by atoms with E-state index in [0.717, 1.165) is 11.1 Å². The minimum absolute atomic E-state index is 0.0763. The van der Waals surface area contributed by atoms with E-state index in [0.29, 0.717) is 16.9 Å². The standard InChI is InChI=1S/C18H18O4/c1-11-7-8-13(9-12(11)2)15(18(20)21)10-14-5-4-6-16(22-3)17(14)19/h4-10,19H,1-3H3,(H,20,21)/b15-10-. The summed E-state index contributed by atoms with van der Waals surface area (Å²) in [6, 6.07) is 10.4. The van der Waals surface area contributed by atoms with Crippen LogP contribution in [-0.4, -0.2) is 23.3 Å². The largest absolute Gasteiger partial charge is 0.504 e. The lowest BCUT2D eigenvalue weighted by atomic mass is 9.98. The molecule has 0 atom stereocenters. The molecule has 22 heavy (non-hydrogen) atoms. The Morgan fingerprint density at radius 2 is 1.86 bits per heavy atom. The first-order valence-electron chi connectivity index (χ1n) is 6.82. The average Bonchev–Trinajstić information content (AvgIpc) is 2.49. The number of phenolic OH excluding ortho intramolecular Hbond substituents is 1. The number of aryl methyl sites for hydroxylation is 2. The maximum atomic E-state index is 11.6. The maximum absolute atomic E-state index is 11.6. The van der Waals surface area contributed by atoms with Crippen LogP contribution in [0.2, 0.25) is 0 Å². The van der Waals surface area contributed by atoms with Gasteiger partial charge >= 0.3 is 5.97 Å². The Kier molecular flexibility index (Phi) is 4.51. The van der Waals surface area contributed by atoms with Crippen molar-refractivity contribution in [2.45, 2.75) is 13.8 Å². The van der Waals surface area contributed by atoms with Crippen LogP contribution in [0.3, 0.4) is 0 Å². The molecular weight excluding hydrogens is 280 g/mol. The van der Waals surface area contributed by atoms with Gasteiger partial charge in [0.1, 0.15) is 0 Å². The number of aliphatic carboxylic acids is 1. The Bertz CT molecular complexity index is 745. The predicted molar refractivity (Wildman–Crippen MR) is 86.1 cm³/mol. The fourth-order valence-corrected chi connectivity index (χ4v) is 2.15. The van der Waals surface area contributed by atoms with Crippen molar-refractivity contribution >= 4 is 17.6 Å². The molecule has 0 fully saturated rings. The number of benzene rings is 2. The van der Waals surface area contributed by atoms with Crippen LogP contribution < -0.4 is 4.74 Å². The first kappa shape index (κ1) is 15.6. The highest BCUT2D eigenvalue weighted by Crippen LogP contribution is 2.32. The first-order valence-corrected chi connectivity index (χ1v) is 6.82. The zero-order chi connectivity index (χ0) is 16.3. The number of hydrogen-bond acceptors (Lipinski definition) is 3. The third-order valence-electron chi connectivity index (χ3n) is 3.60. The van der Waals surface area contributed by atoms with E-state index in [1.165, 1.54) is 13.2 Å². The van der Waals surface area contributed by atoms with E-state index in [9.17, 15) is 15.0 Å². The van der Waals surface area contributed by atoms with Gasteiger partial charge in [0, 0.05) is 5.56 Å². The number of hydrogen-bond donors (Lipinski definition) is 2. The molecule has 0 aromatic heterocycles. The highest BCUT2D eigenvalue weighted by molar-refractivity contribution is 6.20. The number of ether oxygens (including phenoxy) is 1. The second kappa shape index (κ2) is 6.35. The Balaban J connectivity index is 2.57. The molecule has 0 spiro atoms. The zero-order valence-electron chi connectivity index (χ0n) is 12.8. The van der Waals surface area contributed by atoms with Crippen molar-refractivity contribution in [3.63, 3.8) is 0 Å². The topological polar surface area (TPSA) is 66.8 Å². The molecule has 0 heterocycles. The van der Waals surface area contributed by atoms with E-state index in [1.807, 2.05) is 26.0 Å². The van der Waals surface area contributed by atoms with Gasteiger partial charge in [0.25, 0.3) is 0 Å². The lowest BCUT2D eigenvalue weighted by molar-refractivity contribution is -0.130. The highest BCUT2D eigenvalue weighted by atomic mass is 16.5. The molecule has 0 bridgehead atoms. The van der Waals surface area contributed by atoms with Gasteiger partial charge in [-0.1, -0.05) is 30.3 Å². The molecule has 2 aromatic carbocycles. The lowest BCUT2D eigenvalue weighted by Crippen LogP contribution is -2.00. The molecule has 0 radical (unpaired) electrons. The quantitative estimate of drug-likeness (QED) is 0.668. The molecule has 0 aliphatic carbocycles. The van der Waals surface area contributed by atoms with Crippen LogP contribution in [0.5, 0.6) is 11.5 Å². The van der Waals surface area contributed by atoms with E-state index >= 15 is 0 Å². The summed E-state index contributed by atoms with van der Waals surface area (Å²) in [5, 5.41) is 19.6. The molecule has 0 saturated carbocycles. The number of phenols is 1. The van der Waals surface area contributed by atoms with Crippen LogP contribution in [0.15, 0.2) is 36.4 Å². The Morgan fingerprint density at radius 1 is 1.14 bits per heavy atom. The fourth-order valence-electron chi connectivity index (χ4n) is 2.15. The lowest BCUT2D eigenvalue weighted by Gasteiger charge is -2.09. The summed E-state index contributed by atoms with van der Waals surface area (Å²) in [6.45, 7) is 3.90. The minimum atomic E-state index is -1.05. The molecule has 2 aromatic rings. The van der Waals surface area contributed by atoms with Crippen molar-refractivity contribution in [3.8, 4) is 11.5 Å². The Hall–Kier alpha value is -2.75. The van der Waals surface area contributed by atoms with Gasteiger partial charge in [0.15, 0.2) is 11.5 Å². The van der Waals surface area contributed by atoms with Gasteiger partial charge in [0.2, 0.25) is 0 Å². The van der Waals surface area contributed by atoms with Gasteiger partial charge in [-0.15, -0.1) is 0 Å². The monoisotopic (exact) mass is 298 g/mol. The molecule has 4 nitrogen and oxygen atoms in total. The second-order valence-electron chi connectivity index (χ2n) is 5.06. The summed E-state index contributed by atoms with van der Waals surface area (Å²) in [5.41, 5.74) is 3.22. The summed E-state index contributed by atoms with van der Waals surface area (Å²) in [6.07, 6.45) is 1.45. The van der Waals surface area contributed by atoms with Crippen LogP contribution in [0.1, 0.15) is 22.3 Å². The average molecular weight is 298 g/mol. The maximum Gasteiger partial charge on any atom is 0.336 e. The van der Waals surface area contributed by atoms with Crippen molar-refractivity contribution in [1.29, 1.82) is 0 Å². The van der Waals surface area contributed by atoms with E-state index in [4.69, 9.17) is 4.74 Å². The molecule has 0 saturated heterocycles. The summed E-state index contributed by atoms with van der Waals surface area (Å²) in [5.74, 6) is -0.823. The molecule has 0 unspecified atom stereocenters. The molecule has 114 valence electrons. The number of carboxylic acids is 1. The van der Waals surface area contributed by atoms with Crippen LogP contribution >= 0.6 is 0 Å². The van der Waals surface area contributed by atoms with Crippen molar-refractivity contribution in [2.24, 2.45) is 0 Å². The summed E-state index contributed by atoms with van der Waals surface area (Å²) < 4.78 is 5.04. The third-order valence-corrected chi connectivity index (χ3v) is 3.60. The SMILES string of the molecule is COc1cccc(/C=C(\C(=O)O)c2ccc(C)c(C)c2)c1O. The van der Waals surface area contributed by atoms with Gasteiger partial charge in [0.05, 0.1) is 12.7 Å². The number of carbonyl (C=O) groups is 1. The van der Waals surface area contributed by atoms with Gasteiger partial charge in [-0.2, -0.15) is 0 Å². The number of para-hydroxylation sites is 1. The fraction of sp³-hybridized carbons (Fsp3) is 0.167. The van der Waals surface area contributed by atoms with E-state index in [1.54, 1.807) is 24.3 Å². The summed E-state index contributed by atoms with van der Waals surface area (Å²) in [4.78, 5) is 11.6. The number of aromatic hydroxyl groups is 1. The van der Waals surface area contributed by atoms with E-state index in [-0.39, 0.29) is 11.3 Å². The van der Waals surface area contributed by atoms with Crippen molar-refractivity contribution in [3.05, 3.63) is 58.7 Å². The third kappa shape index (κ3) is 3.11. The number of carboxylic acid groups (broad SMARTS) is 1. The summed E-state index contributed by atoms with van der Waals surface area (Å²) >= 11 is 0. The predicted octanol–water partition coefficient (Wildman–Crippen LogP) is 3.64. The van der Waals surface area contributed by atoms with Gasteiger partial charge < -0.3 is 14.9 Å². The Labute approximate surface area is 129 Å². The second-order valence-corrected chi connectivity index (χ2v) is 5.06. The number of rotatable bonds is 4. The molecular formula is C18H18O4. The van der Waals surface area contributed by atoms with Crippen molar-refractivity contribution < 1.29 is 19.7 Å². The first-order chi connectivity index (χ1) is 10.4. The molecule has 2 rings (SSSR count). The molecule has 0 amide bonds. The van der Waals surface area contributed by atoms with Gasteiger partial charge in [-0.3, -0.25) is 0 Å². The normalized spacial score (nSPS) is 11.3. The van der Waals surface area contributed by atoms with E-state index < -0.39 is 5.97 Å². The van der Waals surface area contributed by atoms with Crippen LogP contribution in [-0.2, 0) is 4.79 Å². The van der Waals surface area contributed by atoms with E-state index in [2.05, 4.69) is 0 Å². The Morgan fingerprint density at radius 3 is 2.45 bits per heavy atom. The zero-order valence-corrected chi connectivity index (χ0v) is 12.8. The minimum Gasteiger partial charge on any atom is -0.504 e. The van der Waals surface area contributed by atoms with Crippen LogP contribution in [0.4, 0.5) is 0 Å².